The molecule has 1 aliphatic rings. The number of hydrogen-bond acceptors (Lipinski definition) is 5. The van der Waals surface area contributed by atoms with Crippen molar-refractivity contribution in [2.24, 2.45) is 0 Å². The van der Waals surface area contributed by atoms with Crippen LogP contribution in [0.15, 0.2) is 40.0 Å². The summed E-state index contributed by atoms with van der Waals surface area (Å²) >= 11 is 0. The number of sulfonamides is 1. The van der Waals surface area contributed by atoms with Crippen LogP contribution >= 0.6 is 0 Å². The molecule has 0 spiro atoms. The molecule has 1 aromatic carbocycles. The topological polar surface area (TPSA) is 109 Å². The molecule has 3 rings (SSSR count). The third-order valence-electron chi connectivity index (χ3n) is 4.83. The number of anilines is 1. The monoisotopic (exact) mass is 419 g/mol. The maximum Gasteiger partial charge on any atom is 0.261 e. The van der Waals surface area contributed by atoms with Crippen molar-refractivity contribution in [1.29, 1.82) is 0 Å². The fourth-order valence-corrected chi connectivity index (χ4v) is 4.74. The number of hydrogen-bond donors (Lipinski definition) is 2. The van der Waals surface area contributed by atoms with Gasteiger partial charge in [0.05, 0.1) is 18.1 Å². The van der Waals surface area contributed by atoms with Gasteiger partial charge in [0.15, 0.2) is 0 Å². The number of rotatable bonds is 5. The van der Waals surface area contributed by atoms with Gasteiger partial charge >= 0.3 is 0 Å². The van der Waals surface area contributed by atoms with E-state index in [1.54, 1.807) is 25.1 Å². The number of aryl methyl sites for hydroxylation is 1. The highest BCUT2D eigenvalue weighted by atomic mass is 32.2. The van der Waals surface area contributed by atoms with Crippen LogP contribution in [0.25, 0.3) is 0 Å². The predicted molar refractivity (Wildman–Crippen MR) is 110 cm³/mol. The van der Waals surface area contributed by atoms with E-state index in [2.05, 4.69) is 10.3 Å². The first-order valence-electron chi connectivity index (χ1n) is 9.43. The molecule has 1 aliphatic heterocycles. The molecule has 156 valence electrons. The first kappa shape index (κ1) is 21.2. The second kappa shape index (κ2) is 8.48. The van der Waals surface area contributed by atoms with Gasteiger partial charge < -0.3 is 15.0 Å². The lowest BCUT2D eigenvalue weighted by molar-refractivity contribution is 0.0730. The Hall–Kier alpha value is -2.49. The van der Waals surface area contributed by atoms with E-state index in [1.807, 2.05) is 13.8 Å². The molecule has 29 heavy (non-hydrogen) atoms. The summed E-state index contributed by atoms with van der Waals surface area (Å²) in [7, 11) is -3.70. The SMILES string of the molecule is Cc1ccc(NC(=O)c2ccc(C(C)C)[nH]c2=O)cc1S(=O)(=O)N1CCOCC1. The van der Waals surface area contributed by atoms with Crippen molar-refractivity contribution >= 4 is 21.6 Å². The lowest BCUT2D eigenvalue weighted by Crippen LogP contribution is -2.40. The maximum atomic E-state index is 13.0. The Morgan fingerprint density at radius 3 is 2.48 bits per heavy atom. The van der Waals surface area contributed by atoms with Crippen LogP contribution in [-0.4, -0.2) is 49.9 Å². The van der Waals surface area contributed by atoms with Gasteiger partial charge in [-0.25, -0.2) is 8.42 Å². The summed E-state index contributed by atoms with van der Waals surface area (Å²) in [6.07, 6.45) is 0. The molecule has 0 saturated carbocycles. The summed E-state index contributed by atoms with van der Waals surface area (Å²) < 4.78 is 32.5. The molecule has 0 aliphatic carbocycles. The Labute approximate surface area is 169 Å². The Kier molecular flexibility index (Phi) is 6.21. The zero-order chi connectivity index (χ0) is 21.2. The number of aromatic nitrogens is 1. The highest BCUT2D eigenvalue weighted by Gasteiger charge is 2.28. The molecule has 9 heteroatoms. The van der Waals surface area contributed by atoms with Gasteiger partial charge in [-0.2, -0.15) is 4.31 Å². The quantitative estimate of drug-likeness (QED) is 0.771. The number of H-pyrrole nitrogens is 1. The molecule has 0 unspecified atom stereocenters. The van der Waals surface area contributed by atoms with Crippen molar-refractivity contribution in [2.45, 2.75) is 31.6 Å². The van der Waals surface area contributed by atoms with E-state index in [4.69, 9.17) is 4.74 Å². The van der Waals surface area contributed by atoms with Crippen molar-refractivity contribution in [3.63, 3.8) is 0 Å². The zero-order valence-corrected chi connectivity index (χ0v) is 17.5. The number of pyridine rings is 1. The number of amides is 1. The summed E-state index contributed by atoms with van der Waals surface area (Å²) in [5.41, 5.74) is 1.10. The Morgan fingerprint density at radius 1 is 1.17 bits per heavy atom. The molecule has 1 aromatic heterocycles. The lowest BCUT2D eigenvalue weighted by atomic mass is 10.1. The standard InChI is InChI=1S/C20H25N3O5S/c1-13(2)17-7-6-16(20(25)22-17)19(24)21-15-5-4-14(3)18(12-15)29(26,27)23-8-10-28-11-9-23/h4-7,12-13H,8-11H2,1-3H3,(H,21,24)(H,22,25). The van der Waals surface area contributed by atoms with E-state index in [0.717, 1.165) is 5.69 Å². The molecule has 2 N–H and O–H groups in total. The number of benzene rings is 1. The molecular formula is C20H25N3O5S. The Bertz CT molecular complexity index is 1070. The van der Waals surface area contributed by atoms with Gasteiger partial charge in [0.1, 0.15) is 5.56 Å². The molecule has 1 amide bonds. The average molecular weight is 420 g/mol. The minimum Gasteiger partial charge on any atom is -0.379 e. The third kappa shape index (κ3) is 4.58. The number of morpholine rings is 1. The van der Waals surface area contributed by atoms with Gasteiger partial charge in [-0.1, -0.05) is 19.9 Å². The van der Waals surface area contributed by atoms with Crippen molar-refractivity contribution in [3.05, 3.63) is 57.5 Å². The second-order valence-corrected chi connectivity index (χ2v) is 9.17. The van der Waals surface area contributed by atoms with E-state index in [1.165, 1.54) is 16.4 Å². The fraction of sp³-hybridized carbons (Fsp3) is 0.400. The highest BCUT2D eigenvalue weighted by Crippen LogP contribution is 2.24. The number of aromatic amines is 1. The normalized spacial score (nSPS) is 15.4. The van der Waals surface area contributed by atoms with Crippen LogP contribution in [0, 0.1) is 6.92 Å². The minimum atomic E-state index is -3.70. The minimum absolute atomic E-state index is 0.0347. The number of nitrogens with zero attached hydrogens (tertiary/aromatic N) is 1. The van der Waals surface area contributed by atoms with Crippen molar-refractivity contribution in [3.8, 4) is 0 Å². The van der Waals surface area contributed by atoms with Gasteiger partial charge in [0.2, 0.25) is 10.0 Å². The van der Waals surface area contributed by atoms with Crippen LogP contribution in [0.3, 0.4) is 0 Å². The van der Waals surface area contributed by atoms with E-state index in [9.17, 15) is 18.0 Å². The molecule has 0 bridgehead atoms. The van der Waals surface area contributed by atoms with Gasteiger partial charge in [-0.3, -0.25) is 9.59 Å². The van der Waals surface area contributed by atoms with Gasteiger partial charge in [-0.05, 0) is 42.7 Å². The average Bonchev–Trinajstić information content (AvgIpc) is 2.69. The molecule has 2 aromatic rings. The smallest absolute Gasteiger partial charge is 0.261 e. The van der Waals surface area contributed by atoms with Crippen molar-refractivity contribution in [2.75, 3.05) is 31.6 Å². The molecule has 2 heterocycles. The molecule has 8 nitrogen and oxygen atoms in total. The fourth-order valence-electron chi connectivity index (χ4n) is 3.08. The van der Waals surface area contributed by atoms with Crippen LogP contribution in [0.5, 0.6) is 0 Å². The molecular weight excluding hydrogens is 394 g/mol. The summed E-state index contributed by atoms with van der Waals surface area (Å²) in [5.74, 6) is -0.468. The predicted octanol–water partition coefficient (Wildman–Crippen LogP) is 2.08. The number of nitrogens with one attached hydrogen (secondary N) is 2. The van der Waals surface area contributed by atoms with E-state index < -0.39 is 21.5 Å². The molecule has 1 fully saturated rings. The van der Waals surface area contributed by atoms with Crippen LogP contribution < -0.4 is 10.9 Å². The Balaban J connectivity index is 1.86. The first-order valence-corrected chi connectivity index (χ1v) is 10.9. The largest absolute Gasteiger partial charge is 0.379 e. The molecule has 0 radical (unpaired) electrons. The third-order valence-corrected chi connectivity index (χ3v) is 6.87. The second-order valence-electron chi connectivity index (χ2n) is 7.26. The van der Waals surface area contributed by atoms with Gasteiger partial charge in [0, 0.05) is 24.5 Å². The van der Waals surface area contributed by atoms with Crippen LogP contribution in [-0.2, 0) is 14.8 Å². The van der Waals surface area contributed by atoms with Gasteiger partial charge in [0.25, 0.3) is 11.5 Å². The molecule has 1 saturated heterocycles. The summed E-state index contributed by atoms with van der Waals surface area (Å²) in [4.78, 5) is 27.6. The van der Waals surface area contributed by atoms with Crippen molar-refractivity contribution in [1.82, 2.24) is 9.29 Å². The molecule has 0 atom stereocenters. The zero-order valence-electron chi connectivity index (χ0n) is 16.7. The van der Waals surface area contributed by atoms with Crippen LogP contribution in [0.1, 0.15) is 41.4 Å². The van der Waals surface area contributed by atoms with Crippen LogP contribution in [0.4, 0.5) is 5.69 Å². The number of carbonyl (C=O) groups excluding carboxylic acids is 1. The summed E-state index contributed by atoms with van der Waals surface area (Å²) in [5, 5.41) is 2.62. The lowest BCUT2D eigenvalue weighted by Gasteiger charge is -2.26. The van der Waals surface area contributed by atoms with Crippen molar-refractivity contribution < 1.29 is 17.9 Å². The highest BCUT2D eigenvalue weighted by molar-refractivity contribution is 7.89. The van der Waals surface area contributed by atoms with E-state index >= 15 is 0 Å². The number of carbonyl (C=O) groups is 1. The van der Waals surface area contributed by atoms with E-state index in [0.29, 0.717) is 24.5 Å². The maximum absolute atomic E-state index is 13.0. The van der Waals surface area contributed by atoms with Crippen LogP contribution in [0.2, 0.25) is 0 Å². The Morgan fingerprint density at radius 2 is 1.86 bits per heavy atom. The first-order chi connectivity index (χ1) is 13.7. The van der Waals surface area contributed by atoms with E-state index in [-0.39, 0.29) is 29.5 Å². The van der Waals surface area contributed by atoms with Gasteiger partial charge in [-0.15, -0.1) is 0 Å². The number of ether oxygens (including phenoxy) is 1. The summed E-state index contributed by atoms with van der Waals surface area (Å²) in [6.45, 7) is 6.86. The summed E-state index contributed by atoms with van der Waals surface area (Å²) in [6, 6.07) is 7.85.